The van der Waals surface area contributed by atoms with E-state index in [9.17, 15) is 9.59 Å². The molecule has 6 rings (SSSR count). The van der Waals surface area contributed by atoms with Crippen LogP contribution in [0.4, 0.5) is 5.69 Å². The lowest BCUT2D eigenvalue weighted by atomic mass is 9.92. The number of ketones is 1. The van der Waals surface area contributed by atoms with Crippen molar-refractivity contribution >= 4 is 50.7 Å². The van der Waals surface area contributed by atoms with E-state index in [4.69, 9.17) is 0 Å². The fourth-order valence-electron chi connectivity index (χ4n) is 4.79. The zero-order valence-corrected chi connectivity index (χ0v) is 23.4. The summed E-state index contributed by atoms with van der Waals surface area (Å²) >= 11 is 1.50. The lowest BCUT2D eigenvalue weighted by molar-refractivity contribution is -0.117. The number of benzene rings is 1. The van der Waals surface area contributed by atoms with Gasteiger partial charge in [-0.25, -0.2) is 4.98 Å². The normalized spacial score (nSPS) is 11.8. The number of anilines is 1. The molecule has 0 atom stereocenters. The van der Waals surface area contributed by atoms with Gasteiger partial charge in [0.05, 0.1) is 28.1 Å². The molecule has 0 bridgehead atoms. The number of rotatable bonds is 6. The molecule has 5 heterocycles. The fraction of sp³-hybridized carbons (Fsp3) is 0.194. The predicted molar refractivity (Wildman–Crippen MR) is 160 cm³/mol. The van der Waals surface area contributed by atoms with E-state index < -0.39 is 0 Å². The summed E-state index contributed by atoms with van der Waals surface area (Å²) in [5, 5.41) is 12.5. The molecule has 0 fully saturated rings. The topological polar surface area (TPSA) is 116 Å². The highest BCUT2D eigenvalue weighted by Gasteiger charge is 2.18. The molecule has 40 heavy (non-hydrogen) atoms. The van der Waals surface area contributed by atoms with Crippen molar-refractivity contribution in [3.8, 4) is 33.0 Å². The van der Waals surface area contributed by atoms with Crippen molar-refractivity contribution in [2.45, 2.75) is 34.1 Å². The summed E-state index contributed by atoms with van der Waals surface area (Å²) in [4.78, 5) is 38.5. The van der Waals surface area contributed by atoms with Gasteiger partial charge in [-0.05, 0) is 48.7 Å². The second kappa shape index (κ2) is 9.84. The molecule has 0 unspecified atom stereocenters. The molecule has 0 spiro atoms. The molecule has 0 aliphatic heterocycles. The van der Waals surface area contributed by atoms with Gasteiger partial charge >= 0.3 is 0 Å². The van der Waals surface area contributed by atoms with E-state index in [0.29, 0.717) is 17.8 Å². The second-order valence-electron chi connectivity index (χ2n) is 11.1. The van der Waals surface area contributed by atoms with Gasteiger partial charge in [0.25, 0.3) is 0 Å². The molecule has 0 radical (unpaired) electrons. The van der Waals surface area contributed by atoms with Crippen LogP contribution in [0.5, 0.6) is 0 Å². The van der Waals surface area contributed by atoms with Crippen molar-refractivity contribution in [3.05, 3.63) is 72.0 Å². The summed E-state index contributed by atoms with van der Waals surface area (Å²) in [6.07, 6.45) is 5.58. The maximum Gasteiger partial charge on any atom is 0.224 e. The van der Waals surface area contributed by atoms with Crippen molar-refractivity contribution < 1.29 is 9.59 Å². The lowest BCUT2D eigenvalue weighted by Crippen LogP contribution is -2.19. The maximum absolute atomic E-state index is 12.5. The Kier molecular flexibility index (Phi) is 6.31. The van der Waals surface area contributed by atoms with E-state index in [1.54, 1.807) is 25.5 Å². The summed E-state index contributed by atoms with van der Waals surface area (Å²) < 4.78 is 0. The highest BCUT2D eigenvalue weighted by molar-refractivity contribution is 7.17. The molecular weight excluding hydrogens is 520 g/mol. The van der Waals surface area contributed by atoms with Crippen molar-refractivity contribution in [1.82, 2.24) is 25.1 Å². The Labute approximate surface area is 234 Å². The molecule has 5 aromatic heterocycles. The third kappa shape index (κ3) is 5.03. The highest BCUT2D eigenvalue weighted by Crippen LogP contribution is 2.37. The number of Topliss-reactive ketones (excluding diaryl/α,β-unsaturated/α-hetero) is 1. The van der Waals surface area contributed by atoms with Gasteiger partial charge in [-0.15, -0.1) is 11.3 Å². The van der Waals surface area contributed by atoms with Crippen molar-refractivity contribution in [1.29, 1.82) is 0 Å². The molecule has 0 saturated heterocycles. The summed E-state index contributed by atoms with van der Waals surface area (Å²) in [5.74, 6) is 0.0221. The lowest BCUT2D eigenvalue weighted by Gasteiger charge is -2.17. The zero-order chi connectivity index (χ0) is 28.0. The predicted octanol–water partition coefficient (Wildman–Crippen LogP) is 7.47. The van der Waals surface area contributed by atoms with E-state index in [2.05, 4.69) is 42.6 Å². The van der Waals surface area contributed by atoms with Gasteiger partial charge in [-0.1, -0.05) is 32.9 Å². The van der Waals surface area contributed by atoms with Crippen LogP contribution < -0.4 is 5.32 Å². The molecule has 0 aliphatic carbocycles. The number of aromatic nitrogens is 5. The van der Waals surface area contributed by atoms with Gasteiger partial charge in [0.2, 0.25) is 5.91 Å². The third-order valence-corrected chi connectivity index (χ3v) is 7.83. The first-order valence-electron chi connectivity index (χ1n) is 13.0. The second-order valence-corrected chi connectivity index (χ2v) is 12.2. The quantitative estimate of drug-likeness (QED) is 0.187. The number of amides is 1. The average Bonchev–Trinajstić information content (AvgIpc) is 3.65. The number of hydrogen-bond acceptors (Lipinski definition) is 6. The minimum absolute atomic E-state index is 0.0459. The van der Waals surface area contributed by atoms with E-state index in [1.807, 2.05) is 57.2 Å². The number of thiophene rings is 1. The maximum atomic E-state index is 12.5. The van der Waals surface area contributed by atoms with Crippen LogP contribution in [-0.2, 0) is 4.79 Å². The molecule has 9 heteroatoms. The van der Waals surface area contributed by atoms with Crippen LogP contribution in [0, 0.1) is 5.41 Å². The SMILES string of the molecule is CC(=O)c1ccc(-c2cccc3[nH]c(-c4[nH]nc5ncc(-c6cncc(NC(=O)CC(C)(C)C)c6)cc45)cc23)s1. The molecule has 0 saturated carbocycles. The van der Waals surface area contributed by atoms with Crippen LogP contribution >= 0.6 is 11.3 Å². The molecule has 8 nitrogen and oxygen atoms in total. The number of nitrogens with zero attached hydrogens (tertiary/aromatic N) is 3. The van der Waals surface area contributed by atoms with Gasteiger partial charge in [-0.3, -0.25) is 19.7 Å². The van der Waals surface area contributed by atoms with Crippen molar-refractivity contribution in [2.75, 3.05) is 5.32 Å². The monoisotopic (exact) mass is 548 g/mol. The van der Waals surface area contributed by atoms with Crippen LogP contribution in [0.2, 0.25) is 0 Å². The van der Waals surface area contributed by atoms with Crippen LogP contribution in [-0.4, -0.2) is 36.8 Å². The number of aromatic amines is 2. The number of carbonyl (C=O) groups is 2. The Morgan fingerprint density at radius 3 is 2.58 bits per heavy atom. The number of carbonyl (C=O) groups excluding carboxylic acids is 2. The van der Waals surface area contributed by atoms with Crippen molar-refractivity contribution in [3.63, 3.8) is 0 Å². The van der Waals surface area contributed by atoms with E-state index >= 15 is 0 Å². The minimum Gasteiger partial charge on any atom is -0.353 e. The Bertz CT molecular complexity index is 1910. The van der Waals surface area contributed by atoms with Gasteiger partial charge in [0.1, 0.15) is 0 Å². The van der Waals surface area contributed by atoms with Crippen LogP contribution in [0.1, 0.15) is 43.8 Å². The number of hydrogen-bond donors (Lipinski definition) is 3. The summed E-state index contributed by atoms with van der Waals surface area (Å²) in [7, 11) is 0. The minimum atomic E-state index is -0.105. The zero-order valence-electron chi connectivity index (χ0n) is 22.6. The van der Waals surface area contributed by atoms with Gasteiger partial charge < -0.3 is 10.3 Å². The van der Waals surface area contributed by atoms with E-state index in [0.717, 1.165) is 54.1 Å². The summed E-state index contributed by atoms with van der Waals surface area (Å²) in [6, 6.07) is 16.0. The number of fused-ring (bicyclic) bond motifs is 2. The third-order valence-electron chi connectivity index (χ3n) is 6.61. The first-order valence-corrected chi connectivity index (χ1v) is 13.8. The average molecular weight is 549 g/mol. The van der Waals surface area contributed by atoms with E-state index in [-0.39, 0.29) is 17.1 Å². The number of pyridine rings is 2. The summed E-state index contributed by atoms with van der Waals surface area (Å²) in [5.41, 5.74) is 6.60. The Morgan fingerprint density at radius 2 is 1.80 bits per heavy atom. The van der Waals surface area contributed by atoms with Gasteiger partial charge in [-0.2, -0.15) is 5.10 Å². The summed E-state index contributed by atoms with van der Waals surface area (Å²) in [6.45, 7) is 7.69. The first kappa shape index (κ1) is 25.6. The molecular formula is C31H28N6O2S. The molecule has 200 valence electrons. The fourth-order valence-corrected chi connectivity index (χ4v) is 5.73. The van der Waals surface area contributed by atoms with E-state index in [1.165, 1.54) is 11.3 Å². The van der Waals surface area contributed by atoms with Gasteiger partial charge in [0.15, 0.2) is 11.4 Å². The smallest absolute Gasteiger partial charge is 0.224 e. The Hall–Kier alpha value is -4.63. The van der Waals surface area contributed by atoms with Crippen LogP contribution in [0.3, 0.4) is 0 Å². The standard InChI is InChI=1S/C31H28N6O2S/c1-17(38)26-8-9-27(40-26)21-6-5-7-24-22(21)12-25(35-24)29-23-11-19(15-33-30(23)37-36-29)18-10-20(16-32-14-18)34-28(39)13-31(2,3)4/h5-12,14-16,35H,13H2,1-4H3,(H,34,39)(H,33,36,37). The Morgan fingerprint density at radius 1 is 0.975 bits per heavy atom. The molecule has 0 aliphatic rings. The highest BCUT2D eigenvalue weighted by atomic mass is 32.1. The largest absolute Gasteiger partial charge is 0.353 e. The number of nitrogens with one attached hydrogen (secondary N) is 3. The van der Waals surface area contributed by atoms with Crippen LogP contribution in [0.15, 0.2) is 67.1 Å². The number of H-pyrrole nitrogens is 2. The molecule has 3 N–H and O–H groups in total. The molecule has 1 aromatic carbocycles. The molecule has 6 aromatic rings. The van der Waals surface area contributed by atoms with Gasteiger partial charge in [0, 0.05) is 56.7 Å². The first-order chi connectivity index (χ1) is 19.1. The Balaban J connectivity index is 1.36. The van der Waals surface area contributed by atoms with Crippen molar-refractivity contribution in [2.24, 2.45) is 5.41 Å². The van der Waals surface area contributed by atoms with Crippen LogP contribution in [0.25, 0.3) is 54.9 Å². The molecule has 1 amide bonds.